The van der Waals surface area contributed by atoms with Crippen molar-refractivity contribution in [1.82, 2.24) is 4.98 Å². The lowest BCUT2D eigenvalue weighted by Crippen LogP contribution is -2.29. The van der Waals surface area contributed by atoms with Crippen molar-refractivity contribution >= 4 is 40.7 Å². The van der Waals surface area contributed by atoms with Crippen LogP contribution in [0.1, 0.15) is 41.4 Å². The van der Waals surface area contributed by atoms with Crippen LogP contribution >= 0.6 is 11.6 Å². The summed E-state index contributed by atoms with van der Waals surface area (Å²) >= 11 is 6.32. The Kier molecular flexibility index (Phi) is 7.07. The molecule has 0 bridgehead atoms. The molecule has 9 heteroatoms. The summed E-state index contributed by atoms with van der Waals surface area (Å²) in [6.45, 7) is 3.49. The predicted octanol–water partition coefficient (Wildman–Crippen LogP) is 4.94. The Bertz CT molecular complexity index is 1350. The molecule has 1 saturated heterocycles. The van der Waals surface area contributed by atoms with Gasteiger partial charge in [0.25, 0.3) is 11.7 Å². The summed E-state index contributed by atoms with van der Waals surface area (Å²) in [5, 5.41) is 11.4. The van der Waals surface area contributed by atoms with Gasteiger partial charge in [0.2, 0.25) is 0 Å². The minimum absolute atomic E-state index is 0.147. The van der Waals surface area contributed by atoms with Crippen molar-refractivity contribution in [2.75, 3.05) is 12.0 Å². The van der Waals surface area contributed by atoms with Crippen molar-refractivity contribution in [3.05, 3.63) is 94.3 Å². The van der Waals surface area contributed by atoms with Crippen LogP contribution in [0, 0.1) is 0 Å². The van der Waals surface area contributed by atoms with Crippen molar-refractivity contribution in [3.8, 4) is 5.75 Å². The summed E-state index contributed by atoms with van der Waals surface area (Å²) in [5.41, 5.74) is 1.15. The summed E-state index contributed by atoms with van der Waals surface area (Å²) in [6, 6.07) is 13.1. The number of hydrogen-bond acceptors (Lipinski definition) is 7. The van der Waals surface area contributed by atoms with E-state index in [1.54, 1.807) is 50.4 Å². The number of methoxy groups -OCH3 is 1. The van der Waals surface area contributed by atoms with Crippen LogP contribution in [0.5, 0.6) is 5.75 Å². The Morgan fingerprint density at radius 1 is 1.11 bits per heavy atom. The number of benzene rings is 2. The monoisotopic (exact) mass is 506 g/mol. The molecule has 0 radical (unpaired) electrons. The zero-order valence-electron chi connectivity index (χ0n) is 19.8. The number of anilines is 1. The van der Waals surface area contributed by atoms with Crippen LogP contribution < -0.4 is 9.64 Å². The number of halogens is 1. The number of carbonyl (C=O) groups excluding carboxylic acids is 3. The number of ketones is 1. The number of esters is 1. The first-order valence-corrected chi connectivity index (χ1v) is 11.5. The topological polar surface area (TPSA) is 106 Å². The molecule has 1 fully saturated rings. The molecule has 3 aromatic rings. The van der Waals surface area contributed by atoms with E-state index in [4.69, 9.17) is 21.1 Å². The maximum Gasteiger partial charge on any atom is 0.338 e. The van der Waals surface area contributed by atoms with E-state index in [0.717, 1.165) is 0 Å². The zero-order valence-corrected chi connectivity index (χ0v) is 20.5. The second-order valence-corrected chi connectivity index (χ2v) is 8.71. The summed E-state index contributed by atoms with van der Waals surface area (Å²) in [7, 11) is 1.46. The van der Waals surface area contributed by atoms with Gasteiger partial charge >= 0.3 is 5.97 Å². The van der Waals surface area contributed by atoms with Crippen LogP contribution in [0.15, 0.2) is 72.6 Å². The first-order valence-electron chi connectivity index (χ1n) is 11.1. The number of aliphatic hydroxyl groups is 1. The van der Waals surface area contributed by atoms with Gasteiger partial charge in [-0.2, -0.15) is 0 Å². The van der Waals surface area contributed by atoms with Crippen molar-refractivity contribution in [2.24, 2.45) is 0 Å². The number of nitrogens with zero attached hydrogens (tertiary/aromatic N) is 2. The standard InChI is InChI=1S/C27H23ClN2O6/c1-15(2)36-27(34)16-6-8-18(9-7-16)30-23(17-5-4-12-29-14-17)22(25(32)26(30)33)24(31)20-13-19(35-3)10-11-21(20)28/h4-15,23,31H,1-3H3/b24-22+. The average Bonchev–Trinajstić information content (AvgIpc) is 3.14. The highest BCUT2D eigenvalue weighted by Gasteiger charge is 2.47. The van der Waals surface area contributed by atoms with Crippen molar-refractivity contribution < 1.29 is 29.0 Å². The molecule has 1 atom stereocenters. The smallest absolute Gasteiger partial charge is 0.338 e. The Hall–Kier alpha value is -4.17. The third-order valence-corrected chi connectivity index (χ3v) is 5.93. The van der Waals surface area contributed by atoms with Gasteiger partial charge in [-0.1, -0.05) is 17.7 Å². The zero-order chi connectivity index (χ0) is 26.0. The maximum absolute atomic E-state index is 13.3. The van der Waals surface area contributed by atoms with E-state index in [9.17, 15) is 19.5 Å². The Morgan fingerprint density at radius 2 is 1.83 bits per heavy atom. The van der Waals surface area contributed by atoms with Gasteiger partial charge in [0.15, 0.2) is 0 Å². The van der Waals surface area contributed by atoms with Crippen LogP contribution in [-0.2, 0) is 14.3 Å². The number of hydrogen-bond donors (Lipinski definition) is 1. The van der Waals surface area contributed by atoms with Gasteiger partial charge in [-0.15, -0.1) is 0 Å². The van der Waals surface area contributed by atoms with Crippen molar-refractivity contribution in [1.29, 1.82) is 0 Å². The third kappa shape index (κ3) is 4.67. The molecule has 1 aliphatic heterocycles. The molecule has 36 heavy (non-hydrogen) atoms. The van der Waals surface area contributed by atoms with E-state index < -0.39 is 29.5 Å². The molecule has 184 valence electrons. The maximum atomic E-state index is 13.3. The molecule has 0 saturated carbocycles. The van der Waals surface area contributed by atoms with Gasteiger partial charge in [0, 0.05) is 23.6 Å². The molecule has 2 heterocycles. The molecule has 1 amide bonds. The van der Waals surface area contributed by atoms with Crippen LogP contribution in [-0.4, -0.2) is 41.0 Å². The van der Waals surface area contributed by atoms with Gasteiger partial charge in [-0.25, -0.2) is 4.79 Å². The average molecular weight is 507 g/mol. The SMILES string of the molecule is COc1ccc(Cl)c(/C(O)=C2\C(=O)C(=O)N(c3ccc(C(=O)OC(C)C)cc3)C2c2cccnc2)c1. The van der Waals surface area contributed by atoms with Crippen molar-refractivity contribution in [3.63, 3.8) is 0 Å². The van der Waals surface area contributed by atoms with Gasteiger partial charge in [-0.05, 0) is 67.9 Å². The fraction of sp³-hybridized carbons (Fsp3) is 0.185. The second-order valence-electron chi connectivity index (χ2n) is 8.30. The van der Waals surface area contributed by atoms with E-state index in [-0.39, 0.29) is 22.3 Å². The lowest BCUT2D eigenvalue weighted by atomic mass is 9.96. The highest BCUT2D eigenvalue weighted by atomic mass is 35.5. The number of carbonyl (C=O) groups is 3. The molecule has 2 aromatic carbocycles. The molecule has 0 aliphatic carbocycles. The lowest BCUT2D eigenvalue weighted by Gasteiger charge is -2.25. The summed E-state index contributed by atoms with van der Waals surface area (Å²) in [6.07, 6.45) is 2.78. The van der Waals surface area contributed by atoms with E-state index in [0.29, 0.717) is 22.6 Å². The van der Waals surface area contributed by atoms with E-state index in [1.165, 1.54) is 42.5 Å². The third-order valence-electron chi connectivity index (χ3n) is 5.60. The first kappa shape index (κ1) is 24.9. The van der Waals surface area contributed by atoms with Crippen molar-refractivity contribution in [2.45, 2.75) is 26.0 Å². The minimum atomic E-state index is -0.991. The Morgan fingerprint density at radius 3 is 2.44 bits per heavy atom. The molecule has 8 nitrogen and oxygen atoms in total. The number of pyridine rings is 1. The van der Waals surface area contributed by atoms with Gasteiger partial charge in [0.1, 0.15) is 11.5 Å². The lowest BCUT2D eigenvalue weighted by molar-refractivity contribution is -0.132. The summed E-state index contributed by atoms with van der Waals surface area (Å²) in [5.74, 6) is -2.26. The molecular formula is C27H23ClN2O6. The molecule has 1 unspecified atom stereocenters. The Balaban J connectivity index is 1.85. The number of rotatable bonds is 6. The number of aromatic nitrogens is 1. The normalized spacial score (nSPS) is 16.9. The van der Waals surface area contributed by atoms with Crippen LogP contribution in [0.2, 0.25) is 5.02 Å². The molecule has 1 aliphatic rings. The quantitative estimate of drug-likeness (QED) is 0.218. The highest BCUT2D eigenvalue weighted by molar-refractivity contribution is 6.52. The Labute approximate surface area is 212 Å². The van der Waals surface area contributed by atoms with Crippen LogP contribution in [0.4, 0.5) is 5.69 Å². The first-order chi connectivity index (χ1) is 17.2. The number of ether oxygens (including phenoxy) is 2. The number of aliphatic hydroxyl groups excluding tert-OH is 1. The van der Waals surface area contributed by atoms with Crippen LogP contribution in [0.25, 0.3) is 5.76 Å². The minimum Gasteiger partial charge on any atom is -0.507 e. The number of Topliss-reactive ketones (excluding diaryl/α,β-unsaturated/α-hetero) is 1. The molecule has 1 aromatic heterocycles. The van der Waals surface area contributed by atoms with Gasteiger partial charge in [-0.3, -0.25) is 19.5 Å². The predicted molar refractivity (Wildman–Crippen MR) is 134 cm³/mol. The van der Waals surface area contributed by atoms with Crippen LogP contribution in [0.3, 0.4) is 0 Å². The van der Waals surface area contributed by atoms with E-state index >= 15 is 0 Å². The molecule has 4 rings (SSSR count). The molecule has 1 N–H and O–H groups in total. The van der Waals surface area contributed by atoms with E-state index in [2.05, 4.69) is 4.98 Å². The molecule has 0 spiro atoms. The van der Waals surface area contributed by atoms with E-state index in [1.807, 2.05) is 0 Å². The fourth-order valence-corrected chi connectivity index (χ4v) is 4.16. The fourth-order valence-electron chi connectivity index (χ4n) is 3.95. The summed E-state index contributed by atoms with van der Waals surface area (Å²) in [4.78, 5) is 44.2. The van der Waals surface area contributed by atoms with Gasteiger partial charge < -0.3 is 14.6 Å². The second kappa shape index (κ2) is 10.2. The summed E-state index contributed by atoms with van der Waals surface area (Å²) < 4.78 is 10.4. The highest BCUT2D eigenvalue weighted by Crippen LogP contribution is 2.43. The van der Waals surface area contributed by atoms with Gasteiger partial charge in [0.05, 0.1) is 35.4 Å². The molecular weight excluding hydrogens is 484 g/mol. The number of amides is 1. The largest absolute Gasteiger partial charge is 0.507 e.